The van der Waals surface area contributed by atoms with Crippen LogP contribution in [-0.4, -0.2) is 17.8 Å². The zero-order valence-electron chi connectivity index (χ0n) is 12.9. The van der Waals surface area contributed by atoms with Gasteiger partial charge in [0.2, 0.25) is 0 Å². The lowest BCUT2D eigenvalue weighted by molar-refractivity contribution is 0.153. The van der Waals surface area contributed by atoms with E-state index in [4.69, 9.17) is 5.73 Å². The summed E-state index contributed by atoms with van der Waals surface area (Å²) in [6.07, 6.45) is 0.680. The first-order valence-electron chi connectivity index (χ1n) is 7.56. The molecular formula is C19H25NO. The smallest absolute Gasteiger partial charge is 0.0437 e. The highest BCUT2D eigenvalue weighted by atomic mass is 16.3. The molecule has 112 valence electrons. The van der Waals surface area contributed by atoms with Gasteiger partial charge in [-0.25, -0.2) is 0 Å². The molecule has 0 heterocycles. The molecule has 0 aromatic heterocycles. The second-order valence-corrected chi connectivity index (χ2v) is 6.02. The van der Waals surface area contributed by atoms with Gasteiger partial charge < -0.3 is 10.8 Å². The van der Waals surface area contributed by atoms with Gasteiger partial charge in [0.25, 0.3) is 0 Å². The van der Waals surface area contributed by atoms with Gasteiger partial charge in [0.15, 0.2) is 0 Å². The average Bonchev–Trinajstić information content (AvgIpc) is 2.50. The van der Waals surface area contributed by atoms with Crippen molar-refractivity contribution in [2.45, 2.75) is 32.2 Å². The Kier molecular flexibility index (Phi) is 5.16. The van der Waals surface area contributed by atoms with Gasteiger partial charge in [-0.15, -0.1) is 0 Å². The van der Waals surface area contributed by atoms with E-state index < -0.39 is 0 Å². The van der Waals surface area contributed by atoms with Crippen molar-refractivity contribution in [3.8, 4) is 0 Å². The average molecular weight is 283 g/mol. The molecule has 2 aromatic rings. The number of aliphatic hydroxyl groups is 1. The maximum atomic E-state index is 9.54. The molecule has 3 N–H and O–H groups in total. The predicted octanol–water partition coefficient (Wildman–Crippen LogP) is 3.55. The van der Waals surface area contributed by atoms with Gasteiger partial charge in [0, 0.05) is 18.6 Å². The number of benzene rings is 2. The van der Waals surface area contributed by atoms with Crippen LogP contribution < -0.4 is 5.73 Å². The van der Waals surface area contributed by atoms with Crippen LogP contribution in [0.2, 0.25) is 0 Å². The predicted molar refractivity (Wildman–Crippen MR) is 88.2 cm³/mol. The van der Waals surface area contributed by atoms with Crippen molar-refractivity contribution < 1.29 is 5.11 Å². The zero-order chi connectivity index (χ0) is 15.3. The second-order valence-electron chi connectivity index (χ2n) is 6.02. The fourth-order valence-corrected chi connectivity index (χ4v) is 3.12. The highest BCUT2D eigenvalue weighted by molar-refractivity contribution is 5.35. The Morgan fingerprint density at radius 2 is 1.38 bits per heavy atom. The van der Waals surface area contributed by atoms with Crippen molar-refractivity contribution >= 4 is 0 Å². The molecule has 0 radical (unpaired) electrons. The van der Waals surface area contributed by atoms with Crippen molar-refractivity contribution in [1.29, 1.82) is 0 Å². The van der Waals surface area contributed by atoms with Crippen molar-refractivity contribution in [3.63, 3.8) is 0 Å². The van der Waals surface area contributed by atoms with Crippen LogP contribution in [0, 0.1) is 5.41 Å². The molecule has 2 rings (SSSR count). The molecule has 2 unspecified atom stereocenters. The Morgan fingerprint density at radius 1 is 0.952 bits per heavy atom. The fourth-order valence-electron chi connectivity index (χ4n) is 3.12. The van der Waals surface area contributed by atoms with Crippen molar-refractivity contribution in [2.24, 2.45) is 11.1 Å². The Bertz CT molecular complexity index is 499. The molecule has 2 aromatic carbocycles. The molecule has 0 aliphatic carbocycles. The van der Waals surface area contributed by atoms with Crippen LogP contribution in [0.15, 0.2) is 60.7 Å². The number of nitrogens with two attached hydrogens (primary N) is 1. The van der Waals surface area contributed by atoms with Gasteiger partial charge in [-0.2, -0.15) is 0 Å². The van der Waals surface area contributed by atoms with E-state index in [0.29, 0.717) is 6.42 Å². The van der Waals surface area contributed by atoms with E-state index in [9.17, 15) is 5.11 Å². The first-order valence-corrected chi connectivity index (χ1v) is 7.56. The maximum Gasteiger partial charge on any atom is 0.0437 e. The Labute approximate surface area is 127 Å². The standard InChI is InChI=1S/C19H25NO/c1-15(20)19(2,13-14-21)18(16-9-5-3-6-10-16)17-11-7-4-8-12-17/h3-12,15,18,21H,13-14,20H2,1-2H3. The molecule has 0 saturated heterocycles. The molecule has 0 amide bonds. The van der Waals surface area contributed by atoms with Gasteiger partial charge in [-0.05, 0) is 29.9 Å². The van der Waals surface area contributed by atoms with Gasteiger partial charge in [0.1, 0.15) is 0 Å². The Morgan fingerprint density at radius 3 is 1.71 bits per heavy atom. The third kappa shape index (κ3) is 3.34. The van der Waals surface area contributed by atoms with E-state index in [-0.39, 0.29) is 24.0 Å². The number of hydrogen-bond acceptors (Lipinski definition) is 2. The SMILES string of the molecule is CC(N)C(C)(CCO)C(c1ccccc1)c1ccccc1. The lowest BCUT2D eigenvalue weighted by Gasteiger charge is -2.41. The summed E-state index contributed by atoms with van der Waals surface area (Å²) >= 11 is 0. The summed E-state index contributed by atoms with van der Waals surface area (Å²) in [4.78, 5) is 0. The summed E-state index contributed by atoms with van der Waals surface area (Å²) in [6.45, 7) is 4.36. The second kappa shape index (κ2) is 6.88. The first-order chi connectivity index (χ1) is 10.1. The summed E-state index contributed by atoms with van der Waals surface area (Å²) in [6, 6.07) is 20.9. The molecule has 2 heteroatoms. The van der Waals surface area contributed by atoms with E-state index in [1.165, 1.54) is 11.1 Å². The van der Waals surface area contributed by atoms with Crippen molar-refractivity contribution in [3.05, 3.63) is 71.8 Å². The molecule has 0 saturated carbocycles. The summed E-state index contributed by atoms with van der Waals surface area (Å²) in [5, 5.41) is 9.54. The van der Waals surface area contributed by atoms with E-state index in [0.717, 1.165) is 0 Å². The molecule has 0 fully saturated rings. The molecular weight excluding hydrogens is 258 g/mol. The highest BCUT2D eigenvalue weighted by Crippen LogP contribution is 2.45. The summed E-state index contributed by atoms with van der Waals surface area (Å²) < 4.78 is 0. The largest absolute Gasteiger partial charge is 0.396 e. The van der Waals surface area contributed by atoms with Gasteiger partial charge in [-0.1, -0.05) is 67.6 Å². The highest BCUT2D eigenvalue weighted by Gasteiger charge is 2.38. The minimum Gasteiger partial charge on any atom is -0.396 e. The van der Waals surface area contributed by atoms with E-state index in [2.05, 4.69) is 55.5 Å². The maximum absolute atomic E-state index is 9.54. The molecule has 2 atom stereocenters. The monoisotopic (exact) mass is 283 g/mol. The van der Waals surface area contributed by atoms with E-state index >= 15 is 0 Å². The van der Waals surface area contributed by atoms with Crippen LogP contribution in [0.5, 0.6) is 0 Å². The van der Waals surface area contributed by atoms with Crippen LogP contribution in [0.25, 0.3) is 0 Å². The third-order valence-electron chi connectivity index (χ3n) is 4.62. The third-order valence-corrected chi connectivity index (χ3v) is 4.62. The Hall–Kier alpha value is -1.64. The molecule has 2 nitrogen and oxygen atoms in total. The molecule has 0 aliphatic heterocycles. The molecule has 0 aliphatic rings. The van der Waals surface area contributed by atoms with Gasteiger partial charge >= 0.3 is 0 Å². The van der Waals surface area contributed by atoms with Crippen LogP contribution in [0.4, 0.5) is 0 Å². The fraction of sp³-hybridized carbons (Fsp3) is 0.368. The number of aliphatic hydroxyl groups excluding tert-OH is 1. The minimum absolute atomic E-state index is 0.0185. The van der Waals surface area contributed by atoms with Crippen LogP contribution in [0.1, 0.15) is 37.3 Å². The molecule has 0 spiro atoms. The lowest BCUT2D eigenvalue weighted by atomic mass is 9.65. The summed E-state index contributed by atoms with van der Waals surface area (Å²) in [7, 11) is 0. The van der Waals surface area contributed by atoms with Crippen LogP contribution in [0.3, 0.4) is 0 Å². The van der Waals surface area contributed by atoms with E-state index in [1.54, 1.807) is 0 Å². The molecule has 0 bridgehead atoms. The molecule has 21 heavy (non-hydrogen) atoms. The van der Waals surface area contributed by atoms with Crippen molar-refractivity contribution in [1.82, 2.24) is 0 Å². The summed E-state index contributed by atoms with van der Waals surface area (Å²) in [5.41, 5.74) is 8.62. The van der Waals surface area contributed by atoms with Crippen LogP contribution >= 0.6 is 0 Å². The van der Waals surface area contributed by atoms with Crippen molar-refractivity contribution in [2.75, 3.05) is 6.61 Å². The first kappa shape index (κ1) is 15.7. The summed E-state index contributed by atoms with van der Waals surface area (Å²) in [5.74, 6) is 0.173. The minimum atomic E-state index is -0.197. The zero-order valence-corrected chi connectivity index (χ0v) is 12.9. The Balaban J connectivity index is 2.55. The quantitative estimate of drug-likeness (QED) is 0.851. The normalized spacial score (nSPS) is 15.7. The number of hydrogen-bond donors (Lipinski definition) is 2. The van der Waals surface area contributed by atoms with Crippen LogP contribution in [-0.2, 0) is 0 Å². The lowest BCUT2D eigenvalue weighted by Crippen LogP contribution is -2.43. The van der Waals surface area contributed by atoms with Gasteiger partial charge in [-0.3, -0.25) is 0 Å². The van der Waals surface area contributed by atoms with Gasteiger partial charge in [0.05, 0.1) is 0 Å². The number of rotatable bonds is 6. The van der Waals surface area contributed by atoms with E-state index in [1.807, 2.05) is 19.1 Å². The topological polar surface area (TPSA) is 46.2 Å².